The molecule has 0 bridgehead atoms. The van der Waals surface area contributed by atoms with E-state index in [0.717, 1.165) is 34.2 Å². The quantitative estimate of drug-likeness (QED) is 0.250. The van der Waals surface area contributed by atoms with E-state index in [4.69, 9.17) is 5.11 Å². The lowest BCUT2D eigenvalue weighted by Crippen LogP contribution is -2.39. The third-order valence-electron chi connectivity index (χ3n) is 7.40. The Hall–Kier alpha value is -4.05. The van der Waals surface area contributed by atoms with E-state index in [1.165, 1.54) is 12.8 Å². The summed E-state index contributed by atoms with van der Waals surface area (Å²) < 4.78 is 1.15. The number of aromatic amines is 1. The van der Waals surface area contributed by atoms with Gasteiger partial charge in [0.1, 0.15) is 0 Å². The van der Waals surface area contributed by atoms with Gasteiger partial charge in [-0.15, -0.1) is 0 Å². The minimum Gasteiger partial charge on any atom is -0.481 e. The van der Waals surface area contributed by atoms with E-state index in [1.807, 2.05) is 49.4 Å². The van der Waals surface area contributed by atoms with Crippen LogP contribution in [-0.2, 0) is 17.9 Å². The molecule has 39 heavy (non-hydrogen) atoms. The van der Waals surface area contributed by atoms with Crippen molar-refractivity contribution in [2.45, 2.75) is 64.6 Å². The molecule has 1 aliphatic rings. The number of rotatable bonds is 11. The Labute approximate surface area is 225 Å². The molecule has 0 amide bonds. The van der Waals surface area contributed by atoms with Crippen LogP contribution in [0.2, 0.25) is 0 Å². The lowest BCUT2D eigenvalue weighted by Gasteiger charge is -2.22. The molecule has 0 saturated heterocycles. The minimum absolute atomic E-state index is 0.0573. The van der Waals surface area contributed by atoms with Crippen LogP contribution in [0, 0.1) is 6.92 Å². The number of anilines is 1. The molecule has 0 atom stereocenters. The minimum atomic E-state index is -0.848. The van der Waals surface area contributed by atoms with Crippen LogP contribution in [0.1, 0.15) is 49.7 Å². The fourth-order valence-electron chi connectivity index (χ4n) is 5.29. The van der Waals surface area contributed by atoms with E-state index in [1.54, 1.807) is 0 Å². The van der Waals surface area contributed by atoms with Gasteiger partial charge in [-0.3, -0.25) is 24.0 Å². The molecule has 204 valence electrons. The highest BCUT2D eigenvalue weighted by Gasteiger charge is 2.18. The lowest BCUT2D eigenvalue weighted by molar-refractivity contribution is -0.137. The number of carboxylic acid groups (broad SMARTS) is 1. The summed E-state index contributed by atoms with van der Waals surface area (Å²) >= 11 is 0. The van der Waals surface area contributed by atoms with Crippen molar-refractivity contribution in [1.82, 2.24) is 24.4 Å². The van der Waals surface area contributed by atoms with Gasteiger partial charge in [0.15, 0.2) is 11.2 Å². The first kappa shape index (κ1) is 26.6. The van der Waals surface area contributed by atoms with Crippen molar-refractivity contribution in [3.8, 4) is 0 Å². The van der Waals surface area contributed by atoms with Crippen LogP contribution in [-0.4, -0.2) is 54.6 Å². The molecule has 1 fully saturated rings. The summed E-state index contributed by atoms with van der Waals surface area (Å²) in [5, 5.41) is 12.6. The van der Waals surface area contributed by atoms with Crippen LogP contribution in [0.5, 0.6) is 0 Å². The molecule has 10 nitrogen and oxygen atoms in total. The van der Waals surface area contributed by atoms with Gasteiger partial charge in [-0.05, 0) is 56.0 Å². The smallest absolute Gasteiger partial charge is 0.330 e. The van der Waals surface area contributed by atoms with E-state index in [0.29, 0.717) is 43.1 Å². The number of H-pyrrole nitrogens is 1. The van der Waals surface area contributed by atoms with Gasteiger partial charge in [-0.1, -0.05) is 43.2 Å². The number of aryl methyl sites for hydroxylation is 1. The highest BCUT2D eigenvalue weighted by Crippen LogP contribution is 2.27. The van der Waals surface area contributed by atoms with Crippen LogP contribution < -0.4 is 16.6 Å². The van der Waals surface area contributed by atoms with Gasteiger partial charge in [-0.25, -0.2) is 14.8 Å². The Morgan fingerprint density at radius 1 is 1.10 bits per heavy atom. The molecule has 4 aromatic rings. The van der Waals surface area contributed by atoms with Crippen LogP contribution in [0.3, 0.4) is 0 Å². The molecule has 0 radical (unpaired) electrons. The first-order chi connectivity index (χ1) is 18.9. The zero-order valence-electron chi connectivity index (χ0n) is 22.2. The predicted octanol–water partition coefficient (Wildman–Crippen LogP) is 3.66. The van der Waals surface area contributed by atoms with E-state index in [9.17, 15) is 14.4 Å². The fourth-order valence-corrected chi connectivity index (χ4v) is 5.29. The first-order valence-electron chi connectivity index (χ1n) is 13.6. The SMILES string of the molecule is Cc1cc2nc3c(=O)n(CCN(CCCC(=O)O)Cc4ccccc4)c(=O)[nH]c3nc2cc1NC1CCCC1. The molecule has 5 rings (SSSR count). The average Bonchev–Trinajstić information content (AvgIpc) is 3.42. The number of hydrogen-bond donors (Lipinski definition) is 3. The third-order valence-corrected chi connectivity index (χ3v) is 7.40. The lowest BCUT2D eigenvalue weighted by atomic mass is 10.1. The Morgan fingerprint density at radius 2 is 1.85 bits per heavy atom. The van der Waals surface area contributed by atoms with E-state index >= 15 is 0 Å². The number of carboxylic acids is 1. The second-order valence-corrected chi connectivity index (χ2v) is 10.3. The molecule has 2 aromatic carbocycles. The van der Waals surface area contributed by atoms with Gasteiger partial charge in [-0.2, -0.15) is 0 Å². The van der Waals surface area contributed by atoms with Crippen LogP contribution >= 0.6 is 0 Å². The normalized spacial score (nSPS) is 14.0. The zero-order valence-corrected chi connectivity index (χ0v) is 22.2. The number of aliphatic carboxylic acids is 1. The maximum absolute atomic E-state index is 13.4. The number of nitrogens with one attached hydrogen (secondary N) is 2. The topological polar surface area (TPSA) is 133 Å². The second kappa shape index (κ2) is 11.8. The Bertz CT molecular complexity index is 1590. The van der Waals surface area contributed by atoms with Gasteiger partial charge < -0.3 is 10.4 Å². The second-order valence-electron chi connectivity index (χ2n) is 10.3. The van der Waals surface area contributed by atoms with Crippen molar-refractivity contribution < 1.29 is 9.90 Å². The van der Waals surface area contributed by atoms with Crippen LogP contribution in [0.15, 0.2) is 52.1 Å². The Kier molecular flexibility index (Phi) is 8.02. The highest BCUT2D eigenvalue weighted by atomic mass is 16.4. The van der Waals surface area contributed by atoms with Crippen LogP contribution in [0.25, 0.3) is 22.2 Å². The Balaban J connectivity index is 1.40. The van der Waals surface area contributed by atoms with Gasteiger partial charge >= 0.3 is 11.7 Å². The Morgan fingerprint density at radius 3 is 2.59 bits per heavy atom. The molecular formula is C29H34N6O4. The number of fused-ring (bicyclic) bond motifs is 2. The van der Waals surface area contributed by atoms with Crippen molar-refractivity contribution in [2.75, 3.05) is 18.4 Å². The van der Waals surface area contributed by atoms with E-state index in [-0.39, 0.29) is 24.1 Å². The monoisotopic (exact) mass is 530 g/mol. The molecule has 0 aliphatic heterocycles. The van der Waals surface area contributed by atoms with Gasteiger partial charge in [0.25, 0.3) is 5.56 Å². The van der Waals surface area contributed by atoms with Gasteiger partial charge in [0, 0.05) is 37.8 Å². The molecule has 0 unspecified atom stereocenters. The number of aromatic nitrogens is 4. The molecule has 1 saturated carbocycles. The predicted molar refractivity (Wildman–Crippen MR) is 151 cm³/mol. The summed E-state index contributed by atoms with van der Waals surface area (Å²) in [6, 6.07) is 14.1. The van der Waals surface area contributed by atoms with Crippen molar-refractivity contribution in [2.24, 2.45) is 0 Å². The molecule has 10 heteroatoms. The highest BCUT2D eigenvalue weighted by molar-refractivity contribution is 5.87. The fraction of sp³-hybridized carbons (Fsp3) is 0.414. The van der Waals surface area contributed by atoms with Crippen molar-refractivity contribution in [1.29, 1.82) is 0 Å². The maximum Gasteiger partial charge on any atom is 0.330 e. The molecule has 1 aliphatic carbocycles. The molecule has 2 aromatic heterocycles. The standard InChI is InChI=1S/C29H34N6O4/c1-19-16-23-24(17-22(19)30-21-10-5-6-11-21)32-27-26(31-23)28(38)35(29(39)33-27)15-14-34(13-7-12-25(36)37)18-20-8-3-2-4-9-20/h2-4,8-9,16-17,21,30H,5-7,10-15,18H2,1H3,(H,36,37)(H,32,33,39). The molecule has 0 spiro atoms. The van der Waals surface area contributed by atoms with Crippen molar-refractivity contribution in [3.05, 3.63) is 74.4 Å². The largest absolute Gasteiger partial charge is 0.481 e. The van der Waals surface area contributed by atoms with Crippen LogP contribution in [0.4, 0.5) is 5.69 Å². The van der Waals surface area contributed by atoms with E-state index in [2.05, 4.69) is 25.2 Å². The summed E-state index contributed by atoms with van der Waals surface area (Å²) in [5.74, 6) is -0.848. The maximum atomic E-state index is 13.4. The number of nitrogens with zero attached hydrogens (tertiary/aromatic N) is 4. The average molecular weight is 531 g/mol. The molecular weight excluding hydrogens is 496 g/mol. The number of benzene rings is 2. The van der Waals surface area contributed by atoms with Gasteiger partial charge in [0.05, 0.1) is 11.0 Å². The van der Waals surface area contributed by atoms with Crippen molar-refractivity contribution >= 4 is 33.9 Å². The summed E-state index contributed by atoms with van der Waals surface area (Å²) in [5.41, 5.74) is 3.60. The third kappa shape index (κ3) is 6.34. The van der Waals surface area contributed by atoms with E-state index < -0.39 is 17.2 Å². The summed E-state index contributed by atoms with van der Waals surface area (Å²) in [4.78, 5) is 51.3. The van der Waals surface area contributed by atoms with Crippen molar-refractivity contribution in [3.63, 3.8) is 0 Å². The number of hydrogen-bond acceptors (Lipinski definition) is 7. The first-order valence-corrected chi connectivity index (χ1v) is 13.6. The number of carbonyl (C=O) groups is 1. The summed E-state index contributed by atoms with van der Waals surface area (Å²) in [7, 11) is 0. The summed E-state index contributed by atoms with van der Waals surface area (Å²) in [6.07, 6.45) is 5.29. The van der Waals surface area contributed by atoms with Gasteiger partial charge in [0.2, 0.25) is 0 Å². The molecule has 3 N–H and O–H groups in total. The molecule has 2 heterocycles. The summed E-state index contributed by atoms with van der Waals surface area (Å²) in [6.45, 7) is 3.68. The zero-order chi connectivity index (χ0) is 27.4.